The predicted molar refractivity (Wildman–Crippen MR) is 71.0 cm³/mol. The van der Waals surface area contributed by atoms with Gasteiger partial charge in [0.1, 0.15) is 5.75 Å². The van der Waals surface area contributed by atoms with Crippen molar-refractivity contribution in [1.29, 1.82) is 0 Å². The van der Waals surface area contributed by atoms with Gasteiger partial charge >= 0.3 is 0 Å². The summed E-state index contributed by atoms with van der Waals surface area (Å²) >= 11 is 0. The van der Waals surface area contributed by atoms with Crippen LogP contribution in [0.5, 0.6) is 5.75 Å². The first-order chi connectivity index (χ1) is 8.20. The molecule has 17 heavy (non-hydrogen) atoms. The van der Waals surface area contributed by atoms with E-state index in [1.165, 1.54) is 11.1 Å². The van der Waals surface area contributed by atoms with E-state index in [1.807, 2.05) is 12.1 Å². The number of nitrogens with two attached hydrogens (primary N) is 1. The monoisotopic (exact) mass is 227 g/mol. The predicted octanol–water partition coefficient (Wildman–Crippen LogP) is 2.87. The smallest absolute Gasteiger partial charge is 0.116 e. The summed E-state index contributed by atoms with van der Waals surface area (Å²) in [6, 6.07) is 13.6. The second-order valence-electron chi connectivity index (χ2n) is 4.23. The van der Waals surface area contributed by atoms with Gasteiger partial charge in [-0.2, -0.15) is 0 Å². The Balaban J connectivity index is 2.42. The molecule has 0 fully saturated rings. The molecule has 3 N–H and O–H groups in total. The summed E-state index contributed by atoms with van der Waals surface area (Å²) in [5.41, 5.74) is 10.3. The molecular weight excluding hydrogens is 210 g/mol. The largest absolute Gasteiger partial charge is 0.508 e. The highest BCUT2D eigenvalue weighted by atomic mass is 16.3. The molecule has 0 unspecified atom stereocenters. The van der Waals surface area contributed by atoms with Gasteiger partial charge in [0.05, 0.1) is 0 Å². The summed E-state index contributed by atoms with van der Waals surface area (Å²) in [6.07, 6.45) is 0.887. The molecule has 0 aliphatic carbocycles. The van der Waals surface area contributed by atoms with Crippen LogP contribution in [0.4, 0.5) is 0 Å². The van der Waals surface area contributed by atoms with Crippen LogP contribution in [0.25, 0.3) is 11.1 Å². The van der Waals surface area contributed by atoms with E-state index in [0.29, 0.717) is 12.3 Å². The Kier molecular flexibility index (Phi) is 3.45. The summed E-state index contributed by atoms with van der Waals surface area (Å²) in [6.45, 7) is 2.75. The van der Waals surface area contributed by atoms with E-state index in [-0.39, 0.29) is 0 Å². The van der Waals surface area contributed by atoms with Crippen molar-refractivity contribution in [3.63, 3.8) is 0 Å². The molecule has 0 spiro atoms. The van der Waals surface area contributed by atoms with Crippen molar-refractivity contribution in [1.82, 2.24) is 0 Å². The first-order valence-electron chi connectivity index (χ1n) is 5.79. The summed E-state index contributed by atoms with van der Waals surface area (Å²) in [5, 5.41) is 9.48. The lowest BCUT2D eigenvalue weighted by Crippen LogP contribution is -2.04. The van der Waals surface area contributed by atoms with Gasteiger partial charge in [0.25, 0.3) is 0 Å². The Morgan fingerprint density at radius 3 is 2.53 bits per heavy atom. The van der Waals surface area contributed by atoms with Crippen molar-refractivity contribution >= 4 is 0 Å². The second-order valence-corrected chi connectivity index (χ2v) is 4.23. The van der Waals surface area contributed by atoms with Gasteiger partial charge in [-0.25, -0.2) is 0 Å². The van der Waals surface area contributed by atoms with E-state index in [0.717, 1.165) is 17.5 Å². The van der Waals surface area contributed by atoms with Gasteiger partial charge in [0.2, 0.25) is 0 Å². The molecule has 88 valence electrons. The first-order valence-corrected chi connectivity index (χ1v) is 5.79. The van der Waals surface area contributed by atoms with E-state index in [1.54, 1.807) is 12.1 Å². The lowest BCUT2D eigenvalue weighted by atomic mass is 9.98. The molecule has 0 heterocycles. The van der Waals surface area contributed by atoms with Gasteiger partial charge < -0.3 is 10.8 Å². The average Bonchev–Trinajstić information content (AvgIpc) is 2.32. The lowest BCUT2D eigenvalue weighted by Gasteiger charge is -2.08. The van der Waals surface area contributed by atoms with Crippen molar-refractivity contribution < 1.29 is 5.11 Å². The van der Waals surface area contributed by atoms with Gasteiger partial charge in [0.15, 0.2) is 0 Å². The zero-order chi connectivity index (χ0) is 12.3. The van der Waals surface area contributed by atoms with E-state index < -0.39 is 0 Å². The number of rotatable bonds is 3. The molecular formula is C15H17NO. The maximum absolute atomic E-state index is 9.48. The fourth-order valence-electron chi connectivity index (χ4n) is 1.96. The van der Waals surface area contributed by atoms with Crippen LogP contribution in [-0.4, -0.2) is 11.7 Å². The molecule has 2 nitrogen and oxygen atoms in total. The minimum Gasteiger partial charge on any atom is -0.508 e. The fourth-order valence-corrected chi connectivity index (χ4v) is 1.96. The Labute approximate surface area is 102 Å². The van der Waals surface area contributed by atoms with Crippen LogP contribution in [0.15, 0.2) is 42.5 Å². The topological polar surface area (TPSA) is 46.2 Å². The molecule has 0 saturated carbocycles. The Morgan fingerprint density at radius 2 is 1.82 bits per heavy atom. The highest BCUT2D eigenvalue weighted by Crippen LogP contribution is 2.25. The van der Waals surface area contributed by atoms with E-state index in [9.17, 15) is 5.11 Å². The number of hydrogen-bond donors (Lipinski definition) is 2. The van der Waals surface area contributed by atoms with Crippen molar-refractivity contribution in [2.45, 2.75) is 13.3 Å². The van der Waals surface area contributed by atoms with Crippen LogP contribution in [0.2, 0.25) is 0 Å². The molecule has 0 aromatic heterocycles. The summed E-state index contributed by atoms with van der Waals surface area (Å²) in [4.78, 5) is 0. The standard InChI is InChI=1S/C15H17NO/c1-11-5-6-14(9-12(11)7-8-16)13-3-2-4-15(17)10-13/h2-6,9-10,17H,7-8,16H2,1H3. The zero-order valence-corrected chi connectivity index (χ0v) is 9.98. The minimum absolute atomic E-state index is 0.295. The number of hydrogen-bond acceptors (Lipinski definition) is 2. The molecule has 0 amide bonds. The highest BCUT2D eigenvalue weighted by Gasteiger charge is 2.02. The van der Waals surface area contributed by atoms with E-state index in [4.69, 9.17) is 5.73 Å². The third-order valence-corrected chi connectivity index (χ3v) is 2.94. The van der Waals surface area contributed by atoms with Crippen LogP contribution in [0.1, 0.15) is 11.1 Å². The normalized spacial score (nSPS) is 10.5. The second kappa shape index (κ2) is 5.02. The molecule has 0 atom stereocenters. The number of phenolic OH excluding ortho intramolecular Hbond substituents is 1. The number of aryl methyl sites for hydroxylation is 1. The van der Waals surface area contributed by atoms with Crippen LogP contribution < -0.4 is 5.73 Å². The van der Waals surface area contributed by atoms with Gasteiger partial charge in [-0.1, -0.05) is 30.3 Å². The number of phenols is 1. The molecule has 0 aliphatic rings. The van der Waals surface area contributed by atoms with Crippen molar-refractivity contribution in [2.75, 3.05) is 6.54 Å². The maximum atomic E-state index is 9.48. The molecule has 0 saturated heterocycles. The molecule has 2 aromatic carbocycles. The van der Waals surface area contributed by atoms with Crippen LogP contribution in [-0.2, 0) is 6.42 Å². The summed E-state index contributed by atoms with van der Waals surface area (Å²) in [5.74, 6) is 0.295. The summed E-state index contributed by atoms with van der Waals surface area (Å²) < 4.78 is 0. The third kappa shape index (κ3) is 2.66. The molecule has 0 radical (unpaired) electrons. The van der Waals surface area contributed by atoms with Crippen molar-refractivity contribution in [2.24, 2.45) is 5.73 Å². The van der Waals surface area contributed by atoms with Crippen molar-refractivity contribution in [3.05, 3.63) is 53.6 Å². The highest BCUT2D eigenvalue weighted by molar-refractivity contribution is 5.66. The molecule has 2 heteroatoms. The molecule has 0 bridgehead atoms. The summed E-state index contributed by atoms with van der Waals surface area (Å²) in [7, 11) is 0. The van der Waals surface area contributed by atoms with Crippen LogP contribution >= 0.6 is 0 Å². The molecule has 2 rings (SSSR count). The Bertz CT molecular complexity index is 520. The quantitative estimate of drug-likeness (QED) is 0.847. The molecule has 0 aliphatic heterocycles. The maximum Gasteiger partial charge on any atom is 0.116 e. The number of benzene rings is 2. The van der Waals surface area contributed by atoms with E-state index in [2.05, 4.69) is 25.1 Å². The Morgan fingerprint density at radius 1 is 1.06 bits per heavy atom. The van der Waals surface area contributed by atoms with Gasteiger partial charge in [-0.15, -0.1) is 0 Å². The fraction of sp³-hybridized carbons (Fsp3) is 0.200. The minimum atomic E-state index is 0.295. The van der Waals surface area contributed by atoms with Gasteiger partial charge in [-0.3, -0.25) is 0 Å². The van der Waals surface area contributed by atoms with Crippen molar-refractivity contribution in [3.8, 4) is 16.9 Å². The zero-order valence-electron chi connectivity index (χ0n) is 9.98. The number of aromatic hydroxyl groups is 1. The van der Waals surface area contributed by atoms with E-state index >= 15 is 0 Å². The van der Waals surface area contributed by atoms with Gasteiger partial charge in [0, 0.05) is 0 Å². The molecule has 2 aromatic rings. The van der Waals surface area contributed by atoms with Crippen LogP contribution in [0, 0.1) is 6.92 Å². The SMILES string of the molecule is Cc1ccc(-c2cccc(O)c2)cc1CCN. The van der Waals surface area contributed by atoms with Gasteiger partial charge in [-0.05, 0) is 54.3 Å². The van der Waals surface area contributed by atoms with Crippen LogP contribution in [0.3, 0.4) is 0 Å². The third-order valence-electron chi connectivity index (χ3n) is 2.94. The average molecular weight is 227 g/mol. The first kappa shape index (κ1) is 11.7. The lowest BCUT2D eigenvalue weighted by molar-refractivity contribution is 0.475. The Hall–Kier alpha value is -1.80.